The van der Waals surface area contributed by atoms with Crippen molar-refractivity contribution in [3.63, 3.8) is 0 Å². The fraction of sp³-hybridized carbons (Fsp3) is 0.833. The SMILES string of the molecule is CCCCCN=CCl. The first-order valence-electron chi connectivity index (χ1n) is 3.00. The van der Waals surface area contributed by atoms with Gasteiger partial charge < -0.3 is 0 Å². The van der Waals surface area contributed by atoms with Crippen molar-refractivity contribution < 1.29 is 0 Å². The van der Waals surface area contributed by atoms with Crippen LogP contribution in [0, 0.1) is 0 Å². The summed E-state index contributed by atoms with van der Waals surface area (Å²) in [4.78, 5) is 3.85. The molecule has 0 atom stereocenters. The molecule has 0 rings (SSSR count). The molecule has 0 radical (unpaired) electrons. The Morgan fingerprint density at radius 1 is 1.50 bits per heavy atom. The Morgan fingerprint density at radius 2 is 2.25 bits per heavy atom. The number of nitrogens with zero attached hydrogens (tertiary/aromatic N) is 1. The Labute approximate surface area is 55.8 Å². The molecule has 0 amide bonds. The summed E-state index contributed by atoms with van der Waals surface area (Å²) in [5, 5.41) is 0. The van der Waals surface area contributed by atoms with E-state index >= 15 is 0 Å². The van der Waals surface area contributed by atoms with E-state index in [1.165, 1.54) is 24.9 Å². The lowest BCUT2D eigenvalue weighted by atomic mass is 10.3. The van der Waals surface area contributed by atoms with E-state index in [1.54, 1.807) is 0 Å². The second-order valence-electron chi connectivity index (χ2n) is 1.71. The van der Waals surface area contributed by atoms with E-state index in [9.17, 15) is 0 Å². The number of halogens is 1. The molecular weight excluding hydrogens is 122 g/mol. The van der Waals surface area contributed by atoms with Crippen LogP contribution >= 0.6 is 11.6 Å². The van der Waals surface area contributed by atoms with E-state index in [0.717, 1.165) is 6.54 Å². The summed E-state index contributed by atoms with van der Waals surface area (Å²) in [7, 11) is 0. The molecule has 0 aliphatic heterocycles. The third-order valence-electron chi connectivity index (χ3n) is 0.960. The van der Waals surface area contributed by atoms with Gasteiger partial charge in [-0.05, 0) is 6.42 Å². The molecule has 0 unspecified atom stereocenters. The highest BCUT2D eigenvalue weighted by Crippen LogP contribution is 1.92. The Bertz CT molecular complexity index is 61.5. The first kappa shape index (κ1) is 7.96. The van der Waals surface area contributed by atoms with Gasteiger partial charge in [-0.25, -0.2) is 0 Å². The smallest absolute Gasteiger partial charge is 0.0871 e. The minimum Gasteiger partial charge on any atom is -0.281 e. The summed E-state index contributed by atoms with van der Waals surface area (Å²) >= 11 is 5.19. The number of hydrogen-bond donors (Lipinski definition) is 0. The Hall–Kier alpha value is -0.0400. The minimum absolute atomic E-state index is 0.886. The molecule has 0 saturated heterocycles. The number of aliphatic imine (C=N–C) groups is 1. The summed E-state index contributed by atoms with van der Waals surface area (Å²) in [6.45, 7) is 3.06. The zero-order chi connectivity index (χ0) is 6.24. The molecule has 0 aromatic heterocycles. The van der Waals surface area contributed by atoms with Gasteiger partial charge in [0.15, 0.2) is 0 Å². The summed E-state index contributed by atoms with van der Waals surface area (Å²) in [5.41, 5.74) is 1.34. The molecule has 0 aliphatic carbocycles. The van der Waals surface area contributed by atoms with Gasteiger partial charge >= 0.3 is 0 Å². The van der Waals surface area contributed by atoms with Crippen molar-refractivity contribution in [3.8, 4) is 0 Å². The number of unbranched alkanes of at least 4 members (excludes halogenated alkanes) is 2. The van der Waals surface area contributed by atoms with Crippen LogP contribution in [0.1, 0.15) is 26.2 Å². The first-order chi connectivity index (χ1) is 3.91. The fourth-order valence-electron chi connectivity index (χ4n) is 0.502. The van der Waals surface area contributed by atoms with Gasteiger partial charge in [0.1, 0.15) is 0 Å². The zero-order valence-corrected chi connectivity index (χ0v) is 5.99. The molecule has 1 nitrogen and oxygen atoms in total. The van der Waals surface area contributed by atoms with E-state index < -0.39 is 0 Å². The molecule has 0 heterocycles. The summed E-state index contributed by atoms with van der Waals surface area (Å²) in [6.07, 6.45) is 3.67. The highest BCUT2D eigenvalue weighted by Gasteiger charge is 1.79. The Morgan fingerprint density at radius 3 is 2.75 bits per heavy atom. The van der Waals surface area contributed by atoms with Gasteiger partial charge in [0.2, 0.25) is 0 Å². The molecule has 8 heavy (non-hydrogen) atoms. The Balaban J connectivity index is 2.72. The van der Waals surface area contributed by atoms with E-state index in [4.69, 9.17) is 11.6 Å². The summed E-state index contributed by atoms with van der Waals surface area (Å²) in [6, 6.07) is 0. The van der Waals surface area contributed by atoms with Gasteiger partial charge in [-0.15, -0.1) is 0 Å². The number of hydrogen-bond acceptors (Lipinski definition) is 1. The van der Waals surface area contributed by atoms with Crippen LogP contribution in [0.25, 0.3) is 0 Å². The van der Waals surface area contributed by atoms with Gasteiger partial charge in [0.25, 0.3) is 0 Å². The van der Waals surface area contributed by atoms with Gasteiger partial charge in [-0.3, -0.25) is 4.99 Å². The maximum absolute atomic E-state index is 5.19. The molecule has 0 spiro atoms. The van der Waals surface area contributed by atoms with Crippen LogP contribution in [0.4, 0.5) is 0 Å². The standard InChI is InChI=1S/C6H12ClN/c1-2-3-4-5-8-6-7/h6H,2-5H2,1H3. The molecule has 0 aromatic carbocycles. The quantitative estimate of drug-likeness (QED) is 0.413. The van der Waals surface area contributed by atoms with Crippen LogP contribution in [0.2, 0.25) is 0 Å². The van der Waals surface area contributed by atoms with Gasteiger partial charge in [-0.2, -0.15) is 0 Å². The average molecular weight is 134 g/mol. The van der Waals surface area contributed by atoms with Crippen LogP contribution in [-0.4, -0.2) is 12.2 Å². The van der Waals surface area contributed by atoms with Crippen molar-refractivity contribution in [3.05, 3.63) is 0 Å². The minimum atomic E-state index is 0.886. The van der Waals surface area contributed by atoms with Crippen molar-refractivity contribution in [1.82, 2.24) is 0 Å². The van der Waals surface area contributed by atoms with Crippen molar-refractivity contribution in [2.45, 2.75) is 26.2 Å². The lowest BCUT2D eigenvalue weighted by Gasteiger charge is -1.88. The predicted molar refractivity (Wildman–Crippen MR) is 38.7 cm³/mol. The molecule has 0 aromatic rings. The monoisotopic (exact) mass is 133 g/mol. The van der Waals surface area contributed by atoms with E-state index in [1.807, 2.05) is 0 Å². The van der Waals surface area contributed by atoms with Gasteiger partial charge in [0.05, 0.1) is 5.67 Å². The summed E-state index contributed by atoms with van der Waals surface area (Å²) in [5.74, 6) is 0. The molecule has 0 N–H and O–H groups in total. The lowest BCUT2D eigenvalue weighted by Crippen LogP contribution is -1.78. The largest absolute Gasteiger partial charge is 0.281 e. The molecule has 0 saturated carbocycles. The van der Waals surface area contributed by atoms with E-state index in [0.29, 0.717) is 0 Å². The van der Waals surface area contributed by atoms with Crippen LogP contribution in [0.15, 0.2) is 4.99 Å². The predicted octanol–water partition coefficient (Wildman–Crippen LogP) is 2.44. The molecule has 0 bridgehead atoms. The first-order valence-corrected chi connectivity index (χ1v) is 3.44. The Kier molecular flexibility index (Phi) is 6.93. The van der Waals surface area contributed by atoms with E-state index in [2.05, 4.69) is 11.9 Å². The maximum Gasteiger partial charge on any atom is 0.0871 e. The summed E-state index contributed by atoms with van der Waals surface area (Å²) < 4.78 is 0. The maximum atomic E-state index is 5.19. The number of rotatable bonds is 4. The van der Waals surface area contributed by atoms with Crippen LogP contribution in [0.5, 0.6) is 0 Å². The molecule has 2 heteroatoms. The fourth-order valence-corrected chi connectivity index (χ4v) is 0.599. The highest BCUT2D eigenvalue weighted by atomic mass is 35.5. The molecule has 0 aliphatic rings. The van der Waals surface area contributed by atoms with Crippen molar-refractivity contribution >= 4 is 17.3 Å². The van der Waals surface area contributed by atoms with Gasteiger partial charge in [0, 0.05) is 6.54 Å². The lowest BCUT2D eigenvalue weighted by molar-refractivity contribution is 0.730. The van der Waals surface area contributed by atoms with Crippen LogP contribution < -0.4 is 0 Å². The van der Waals surface area contributed by atoms with Crippen molar-refractivity contribution in [2.75, 3.05) is 6.54 Å². The molecule has 0 fully saturated rings. The third-order valence-corrected chi connectivity index (χ3v) is 1.10. The average Bonchev–Trinajstić information content (AvgIpc) is 1.81. The van der Waals surface area contributed by atoms with Crippen LogP contribution in [-0.2, 0) is 0 Å². The normalized spacial score (nSPS) is 10.8. The van der Waals surface area contributed by atoms with Crippen molar-refractivity contribution in [2.24, 2.45) is 4.99 Å². The molecular formula is C6H12ClN. The zero-order valence-electron chi connectivity index (χ0n) is 5.23. The second-order valence-corrected chi connectivity index (χ2v) is 1.91. The highest BCUT2D eigenvalue weighted by molar-refractivity contribution is 6.56. The van der Waals surface area contributed by atoms with E-state index in [-0.39, 0.29) is 0 Å². The van der Waals surface area contributed by atoms with Crippen molar-refractivity contribution in [1.29, 1.82) is 0 Å². The van der Waals surface area contributed by atoms with Gasteiger partial charge in [-0.1, -0.05) is 31.4 Å². The third kappa shape index (κ3) is 5.96. The second kappa shape index (κ2) is 6.96. The van der Waals surface area contributed by atoms with Crippen LogP contribution in [0.3, 0.4) is 0 Å². The topological polar surface area (TPSA) is 12.4 Å². The molecule has 48 valence electrons.